The SMILES string of the molecule is CCCCNN(C=C(C)C)C(=O)c1cc(C)cc(C)c1. The molecule has 0 atom stereocenters. The van der Waals surface area contributed by atoms with E-state index < -0.39 is 0 Å². The Labute approximate surface area is 122 Å². The molecular formula is C17H26N2O. The zero-order valence-electron chi connectivity index (χ0n) is 13.3. The van der Waals surface area contributed by atoms with Crippen LogP contribution in [0.3, 0.4) is 0 Å². The second kappa shape index (κ2) is 7.85. The highest BCUT2D eigenvalue weighted by molar-refractivity contribution is 5.95. The quantitative estimate of drug-likeness (QED) is 0.628. The summed E-state index contributed by atoms with van der Waals surface area (Å²) in [7, 11) is 0. The van der Waals surface area contributed by atoms with E-state index in [1.807, 2.05) is 46.0 Å². The molecule has 0 heterocycles. The van der Waals surface area contributed by atoms with E-state index in [1.165, 1.54) is 0 Å². The highest BCUT2D eigenvalue weighted by Gasteiger charge is 2.14. The van der Waals surface area contributed by atoms with Gasteiger partial charge in [-0.05, 0) is 46.2 Å². The first kappa shape index (κ1) is 16.4. The van der Waals surface area contributed by atoms with E-state index >= 15 is 0 Å². The molecule has 1 rings (SSSR count). The lowest BCUT2D eigenvalue weighted by atomic mass is 10.1. The molecule has 1 N–H and O–H groups in total. The van der Waals surface area contributed by atoms with Crippen LogP contribution in [-0.4, -0.2) is 17.5 Å². The molecule has 0 spiro atoms. The molecule has 3 heteroatoms. The number of nitrogens with one attached hydrogen (secondary N) is 1. The number of aryl methyl sites for hydroxylation is 2. The number of rotatable bonds is 6. The number of unbranched alkanes of at least 4 members (excludes halogenated alkanes) is 1. The molecule has 3 nitrogen and oxygen atoms in total. The minimum atomic E-state index is -0.00546. The standard InChI is InChI=1S/C17H26N2O/c1-6-7-8-18-19(12-13(2)3)17(20)16-10-14(4)9-15(5)11-16/h9-12,18H,6-8H2,1-5H3. The van der Waals surface area contributed by atoms with Crippen molar-refractivity contribution in [2.24, 2.45) is 0 Å². The zero-order valence-corrected chi connectivity index (χ0v) is 13.3. The Bertz CT molecular complexity index is 468. The van der Waals surface area contributed by atoms with E-state index in [-0.39, 0.29) is 5.91 Å². The molecule has 0 aliphatic carbocycles. The first-order valence-corrected chi connectivity index (χ1v) is 7.24. The van der Waals surface area contributed by atoms with Gasteiger partial charge >= 0.3 is 0 Å². The molecule has 0 aromatic heterocycles. The van der Waals surface area contributed by atoms with Crippen LogP contribution in [0.25, 0.3) is 0 Å². The fourth-order valence-corrected chi connectivity index (χ4v) is 2.05. The van der Waals surface area contributed by atoms with Gasteiger partial charge in [0.2, 0.25) is 0 Å². The highest BCUT2D eigenvalue weighted by atomic mass is 16.2. The van der Waals surface area contributed by atoms with Gasteiger partial charge in [0.15, 0.2) is 0 Å². The lowest BCUT2D eigenvalue weighted by molar-refractivity contribution is 0.0753. The van der Waals surface area contributed by atoms with Gasteiger partial charge in [-0.15, -0.1) is 0 Å². The van der Waals surface area contributed by atoms with Crippen LogP contribution in [0, 0.1) is 13.8 Å². The van der Waals surface area contributed by atoms with E-state index in [2.05, 4.69) is 18.4 Å². The number of hydrogen-bond acceptors (Lipinski definition) is 2. The second-order valence-corrected chi connectivity index (χ2v) is 5.52. The first-order valence-electron chi connectivity index (χ1n) is 7.24. The third-order valence-electron chi connectivity index (χ3n) is 2.89. The van der Waals surface area contributed by atoms with Crippen molar-refractivity contribution in [2.45, 2.75) is 47.5 Å². The summed E-state index contributed by atoms with van der Waals surface area (Å²) in [5, 5.41) is 1.61. The van der Waals surface area contributed by atoms with Crippen molar-refractivity contribution in [3.8, 4) is 0 Å². The molecule has 1 amide bonds. The van der Waals surface area contributed by atoms with Crippen molar-refractivity contribution in [3.63, 3.8) is 0 Å². The molecule has 20 heavy (non-hydrogen) atoms. The Balaban J connectivity index is 2.94. The maximum Gasteiger partial charge on any atom is 0.272 e. The lowest BCUT2D eigenvalue weighted by Crippen LogP contribution is -2.39. The Kier molecular flexibility index (Phi) is 6.46. The van der Waals surface area contributed by atoms with Gasteiger partial charge in [0, 0.05) is 18.3 Å². The predicted molar refractivity (Wildman–Crippen MR) is 84.4 cm³/mol. The minimum absolute atomic E-state index is 0.00546. The third kappa shape index (κ3) is 5.17. The van der Waals surface area contributed by atoms with Crippen LogP contribution in [0.15, 0.2) is 30.0 Å². The summed E-state index contributed by atoms with van der Waals surface area (Å²) in [6.07, 6.45) is 4.01. The van der Waals surface area contributed by atoms with Gasteiger partial charge in [-0.25, -0.2) is 10.4 Å². The normalized spacial score (nSPS) is 10.2. The molecule has 0 saturated heterocycles. The molecule has 0 aliphatic rings. The highest BCUT2D eigenvalue weighted by Crippen LogP contribution is 2.11. The van der Waals surface area contributed by atoms with E-state index in [9.17, 15) is 4.79 Å². The number of carbonyl (C=O) groups excluding carboxylic acids is 1. The largest absolute Gasteiger partial charge is 0.272 e. The molecule has 110 valence electrons. The smallest absolute Gasteiger partial charge is 0.267 e. The Morgan fingerprint density at radius 3 is 2.30 bits per heavy atom. The average molecular weight is 274 g/mol. The van der Waals surface area contributed by atoms with E-state index in [0.717, 1.165) is 41.6 Å². The number of benzene rings is 1. The lowest BCUT2D eigenvalue weighted by Gasteiger charge is -2.21. The Morgan fingerprint density at radius 2 is 1.80 bits per heavy atom. The minimum Gasteiger partial charge on any atom is -0.267 e. The maximum absolute atomic E-state index is 12.6. The molecule has 0 unspecified atom stereocenters. The van der Waals surface area contributed by atoms with Crippen molar-refractivity contribution in [1.29, 1.82) is 0 Å². The summed E-state index contributed by atoms with van der Waals surface area (Å²) in [6.45, 7) is 10.9. The first-order chi connectivity index (χ1) is 9.43. The van der Waals surface area contributed by atoms with Crippen molar-refractivity contribution in [3.05, 3.63) is 46.7 Å². The number of hydrazine groups is 1. The van der Waals surface area contributed by atoms with Crippen LogP contribution >= 0.6 is 0 Å². The van der Waals surface area contributed by atoms with E-state index in [0.29, 0.717) is 0 Å². The summed E-state index contributed by atoms with van der Waals surface area (Å²) in [5.41, 5.74) is 7.23. The molecular weight excluding hydrogens is 248 g/mol. The van der Waals surface area contributed by atoms with Crippen LogP contribution in [0.2, 0.25) is 0 Å². The van der Waals surface area contributed by atoms with Crippen LogP contribution in [0.5, 0.6) is 0 Å². The predicted octanol–water partition coefficient (Wildman–Crippen LogP) is 3.97. The Hall–Kier alpha value is -1.61. The molecule has 0 bridgehead atoms. The van der Waals surface area contributed by atoms with Crippen LogP contribution in [0.1, 0.15) is 55.1 Å². The molecule has 0 aliphatic heterocycles. The summed E-state index contributed by atoms with van der Waals surface area (Å²) < 4.78 is 0. The molecule has 0 fully saturated rings. The Morgan fingerprint density at radius 1 is 1.20 bits per heavy atom. The van der Waals surface area contributed by atoms with E-state index in [1.54, 1.807) is 5.01 Å². The number of nitrogens with zero attached hydrogens (tertiary/aromatic N) is 1. The fourth-order valence-electron chi connectivity index (χ4n) is 2.05. The number of amides is 1. The van der Waals surface area contributed by atoms with Crippen molar-refractivity contribution in [2.75, 3.05) is 6.54 Å². The summed E-state index contributed by atoms with van der Waals surface area (Å²) >= 11 is 0. The van der Waals surface area contributed by atoms with E-state index in [4.69, 9.17) is 0 Å². The van der Waals surface area contributed by atoms with Crippen molar-refractivity contribution in [1.82, 2.24) is 10.4 Å². The van der Waals surface area contributed by atoms with Crippen molar-refractivity contribution >= 4 is 5.91 Å². The molecule has 1 aromatic rings. The third-order valence-corrected chi connectivity index (χ3v) is 2.89. The van der Waals surface area contributed by atoms with Crippen LogP contribution in [-0.2, 0) is 0 Å². The van der Waals surface area contributed by atoms with Gasteiger partial charge < -0.3 is 0 Å². The topological polar surface area (TPSA) is 32.3 Å². The number of allylic oxidation sites excluding steroid dienone is 1. The molecule has 1 aromatic carbocycles. The zero-order chi connectivity index (χ0) is 15.1. The molecule has 0 radical (unpaired) electrons. The van der Waals surface area contributed by atoms with Gasteiger partial charge in [-0.2, -0.15) is 0 Å². The molecule has 0 saturated carbocycles. The van der Waals surface area contributed by atoms with Crippen LogP contribution in [0.4, 0.5) is 0 Å². The maximum atomic E-state index is 12.6. The van der Waals surface area contributed by atoms with Gasteiger partial charge in [0.1, 0.15) is 0 Å². The van der Waals surface area contributed by atoms with Gasteiger partial charge in [-0.1, -0.05) is 36.1 Å². The summed E-state index contributed by atoms with van der Waals surface area (Å²) in [5.74, 6) is -0.00546. The summed E-state index contributed by atoms with van der Waals surface area (Å²) in [4.78, 5) is 12.6. The number of hydrogen-bond donors (Lipinski definition) is 1. The number of carbonyl (C=O) groups is 1. The average Bonchev–Trinajstić information content (AvgIpc) is 2.35. The fraction of sp³-hybridized carbons (Fsp3) is 0.471. The summed E-state index contributed by atoms with van der Waals surface area (Å²) in [6, 6.07) is 5.94. The van der Waals surface area contributed by atoms with Gasteiger partial charge in [0.05, 0.1) is 0 Å². The van der Waals surface area contributed by atoms with Gasteiger partial charge in [0.25, 0.3) is 5.91 Å². The van der Waals surface area contributed by atoms with Crippen LogP contribution < -0.4 is 5.43 Å². The monoisotopic (exact) mass is 274 g/mol. The van der Waals surface area contributed by atoms with Gasteiger partial charge in [-0.3, -0.25) is 4.79 Å². The second-order valence-electron chi connectivity index (χ2n) is 5.52. The van der Waals surface area contributed by atoms with Crippen molar-refractivity contribution < 1.29 is 4.79 Å².